The molecular formula is C22H21FN2O3S. The maximum Gasteiger partial charge on any atom is 0.261 e. The largest absolute Gasteiger partial charge is 0.352 e. The van der Waals surface area contributed by atoms with Crippen molar-refractivity contribution >= 4 is 21.6 Å². The summed E-state index contributed by atoms with van der Waals surface area (Å²) >= 11 is 0. The molecule has 0 fully saturated rings. The summed E-state index contributed by atoms with van der Waals surface area (Å²) in [5.41, 5.74) is 2.45. The molecule has 0 aromatic heterocycles. The van der Waals surface area contributed by atoms with Crippen LogP contribution in [0.5, 0.6) is 0 Å². The highest BCUT2D eigenvalue weighted by atomic mass is 32.2. The Morgan fingerprint density at radius 1 is 0.966 bits per heavy atom. The van der Waals surface area contributed by atoms with Crippen molar-refractivity contribution in [3.63, 3.8) is 0 Å². The Kier molecular flexibility index (Phi) is 6.29. The van der Waals surface area contributed by atoms with Crippen molar-refractivity contribution < 1.29 is 17.6 Å². The van der Waals surface area contributed by atoms with Gasteiger partial charge in [0, 0.05) is 12.1 Å². The van der Waals surface area contributed by atoms with Gasteiger partial charge in [-0.1, -0.05) is 30.3 Å². The van der Waals surface area contributed by atoms with Gasteiger partial charge in [0.25, 0.3) is 15.9 Å². The highest BCUT2D eigenvalue weighted by Gasteiger charge is 2.16. The molecule has 5 nitrogen and oxygen atoms in total. The molecular weight excluding hydrogens is 391 g/mol. The fourth-order valence-corrected chi connectivity index (χ4v) is 3.92. The number of hydrogen-bond acceptors (Lipinski definition) is 3. The zero-order valence-electron chi connectivity index (χ0n) is 15.9. The van der Waals surface area contributed by atoms with Crippen LogP contribution in [0.2, 0.25) is 0 Å². The number of carbonyl (C=O) groups excluding carboxylic acids is 1. The smallest absolute Gasteiger partial charge is 0.261 e. The molecule has 1 amide bonds. The van der Waals surface area contributed by atoms with E-state index < -0.39 is 10.0 Å². The van der Waals surface area contributed by atoms with Crippen molar-refractivity contribution in [3.05, 3.63) is 95.3 Å². The number of para-hydroxylation sites is 1. The molecule has 0 aliphatic heterocycles. The molecule has 3 aromatic rings. The molecule has 150 valence electrons. The molecule has 29 heavy (non-hydrogen) atoms. The van der Waals surface area contributed by atoms with E-state index in [1.165, 1.54) is 36.4 Å². The molecule has 2 N–H and O–H groups in total. The Bertz CT molecular complexity index is 1110. The molecule has 0 spiro atoms. The van der Waals surface area contributed by atoms with Crippen LogP contribution in [-0.4, -0.2) is 20.9 Å². The number of nitrogens with one attached hydrogen (secondary N) is 2. The Morgan fingerprint density at radius 3 is 2.38 bits per heavy atom. The lowest BCUT2D eigenvalue weighted by atomic mass is 10.1. The summed E-state index contributed by atoms with van der Waals surface area (Å²) in [5, 5.41) is 2.75. The van der Waals surface area contributed by atoms with E-state index in [9.17, 15) is 17.6 Å². The van der Waals surface area contributed by atoms with Gasteiger partial charge in [0.2, 0.25) is 0 Å². The van der Waals surface area contributed by atoms with Gasteiger partial charge in [0.15, 0.2) is 0 Å². The summed E-state index contributed by atoms with van der Waals surface area (Å²) in [7, 11) is -3.75. The number of halogens is 1. The Hall–Kier alpha value is -3.19. The second kappa shape index (κ2) is 8.87. The van der Waals surface area contributed by atoms with Crippen LogP contribution in [0.4, 0.5) is 10.1 Å². The van der Waals surface area contributed by atoms with Gasteiger partial charge in [0.1, 0.15) is 5.82 Å². The van der Waals surface area contributed by atoms with Crippen molar-refractivity contribution in [2.75, 3.05) is 11.3 Å². The molecule has 0 atom stereocenters. The first-order chi connectivity index (χ1) is 13.8. The predicted molar refractivity (Wildman–Crippen MR) is 111 cm³/mol. The van der Waals surface area contributed by atoms with E-state index in [0.717, 1.165) is 11.1 Å². The van der Waals surface area contributed by atoms with Crippen LogP contribution in [-0.2, 0) is 16.4 Å². The second-order valence-corrected chi connectivity index (χ2v) is 8.26. The maximum atomic E-state index is 13.2. The fourth-order valence-electron chi connectivity index (χ4n) is 2.79. The molecule has 0 bridgehead atoms. The molecule has 3 aromatic carbocycles. The second-order valence-electron chi connectivity index (χ2n) is 6.58. The Labute approximate surface area is 169 Å². The molecule has 0 heterocycles. The van der Waals surface area contributed by atoms with Crippen LogP contribution in [0.1, 0.15) is 21.5 Å². The molecule has 0 saturated heterocycles. The van der Waals surface area contributed by atoms with Crippen LogP contribution in [0.25, 0.3) is 0 Å². The average molecular weight is 412 g/mol. The van der Waals surface area contributed by atoms with Crippen molar-refractivity contribution in [1.29, 1.82) is 0 Å². The lowest BCUT2D eigenvalue weighted by molar-refractivity contribution is 0.0954. The SMILES string of the molecule is Cc1ccccc1NS(=O)(=O)c1ccc(C(=O)NCCc2cccc(F)c2)cc1. The van der Waals surface area contributed by atoms with E-state index in [0.29, 0.717) is 24.2 Å². The van der Waals surface area contributed by atoms with Gasteiger partial charge in [-0.05, 0) is 66.9 Å². The van der Waals surface area contributed by atoms with E-state index in [4.69, 9.17) is 0 Å². The minimum Gasteiger partial charge on any atom is -0.352 e. The van der Waals surface area contributed by atoms with Crippen LogP contribution in [0.15, 0.2) is 77.7 Å². The summed E-state index contributed by atoms with van der Waals surface area (Å²) < 4.78 is 40.8. The van der Waals surface area contributed by atoms with Crippen molar-refractivity contribution in [1.82, 2.24) is 5.32 Å². The van der Waals surface area contributed by atoms with Gasteiger partial charge in [-0.2, -0.15) is 0 Å². The van der Waals surface area contributed by atoms with Crippen molar-refractivity contribution in [2.45, 2.75) is 18.2 Å². The van der Waals surface area contributed by atoms with Gasteiger partial charge < -0.3 is 5.32 Å². The third-order valence-corrected chi connectivity index (χ3v) is 5.79. The Morgan fingerprint density at radius 2 is 1.69 bits per heavy atom. The van der Waals surface area contributed by atoms with Crippen molar-refractivity contribution in [3.8, 4) is 0 Å². The predicted octanol–water partition coefficient (Wildman–Crippen LogP) is 3.91. The standard InChI is InChI=1S/C22H21FN2O3S/c1-16-5-2-3-8-21(16)25-29(27,28)20-11-9-18(10-12-20)22(26)24-14-13-17-6-4-7-19(23)15-17/h2-12,15,25H,13-14H2,1H3,(H,24,26). The van der Waals surface area contributed by atoms with Gasteiger partial charge in [-0.3, -0.25) is 9.52 Å². The first-order valence-electron chi connectivity index (χ1n) is 9.06. The maximum absolute atomic E-state index is 13.2. The highest BCUT2D eigenvalue weighted by molar-refractivity contribution is 7.92. The van der Waals surface area contributed by atoms with Gasteiger partial charge in [0.05, 0.1) is 10.6 Å². The fraction of sp³-hybridized carbons (Fsp3) is 0.136. The number of sulfonamides is 1. The minimum atomic E-state index is -3.75. The summed E-state index contributed by atoms with van der Waals surface area (Å²) in [6.45, 7) is 2.16. The lowest BCUT2D eigenvalue weighted by Gasteiger charge is -2.11. The molecule has 0 aliphatic rings. The summed E-state index contributed by atoms with van der Waals surface area (Å²) in [4.78, 5) is 12.3. The lowest BCUT2D eigenvalue weighted by Crippen LogP contribution is -2.25. The van der Waals surface area contributed by atoms with Crippen LogP contribution in [0, 0.1) is 12.7 Å². The van der Waals surface area contributed by atoms with Crippen LogP contribution < -0.4 is 10.0 Å². The number of rotatable bonds is 7. The summed E-state index contributed by atoms with van der Waals surface area (Å²) in [6, 6.07) is 19.0. The number of benzene rings is 3. The third kappa shape index (κ3) is 5.42. The topological polar surface area (TPSA) is 75.3 Å². The average Bonchev–Trinajstić information content (AvgIpc) is 2.70. The summed E-state index contributed by atoms with van der Waals surface area (Å²) in [5.74, 6) is -0.637. The molecule has 0 saturated carbocycles. The van der Waals surface area contributed by atoms with Crippen molar-refractivity contribution in [2.24, 2.45) is 0 Å². The zero-order valence-corrected chi connectivity index (χ0v) is 16.7. The number of amides is 1. The molecule has 0 aliphatic carbocycles. The van der Waals surface area contributed by atoms with E-state index in [1.54, 1.807) is 24.3 Å². The number of aryl methyl sites for hydroxylation is 1. The third-order valence-electron chi connectivity index (χ3n) is 4.40. The molecule has 0 unspecified atom stereocenters. The normalized spacial score (nSPS) is 11.1. The number of anilines is 1. The van der Waals surface area contributed by atoms with Crippen LogP contribution >= 0.6 is 0 Å². The number of hydrogen-bond donors (Lipinski definition) is 2. The highest BCUT2D eigenvalue weighted by Crippen LogP contribution is 2.19. The molecule has 3 rings (SSSR count). The van der Waals surface area contributed by atoms with E-state index in [1.807, 2.05) is 19.1 Å². The minimum absolute atomic E-state index is 0.0667. The van der Waals surface area contributed by atoms with Crippen LogP contribution in [0.3, 0.4) is 0 Å². The van der Waals surface area contributed by atoms with E-state index >= 15 is 0 Å². The summed E-state index contributed by atoms with van der Waals surface area (Å²) in [6.07, 6.45) is 0.496. The number of carbonyl (C=O) groups is 1. The van der Waals surface area contributed by atoms with Gasteiger partial charge >= 0.3 is 0 Å². The van der Waals surface area contributed by atoms with E-state index in [-0.39, 0.29) is 16.6 Å². The van der Waals surface area contributed by atoms with Gasteiger partial charge in [-0.15, -0.1) is 0 Å². The first-order valence-corrected chi connectivity index (χ1v) is 10.5. The quantitative estimate of drug-likeness (QED) is 0.618. The molecule has 0 radical (unpaired) electrons. The Balaban J connectivity index is 1.61. The zero-order chi connectivity index (χ0) is 20.9. The monoisotopic (exact) mass is 412 g/mol. The molecule has 7 heteroatoms. The van der Waals surface area contributed by atoms with Gasteiger partial charge in [-0.25, -0.2) is 12.8 Å². The first kappa shape index (κ1) is 20.5. The van der Waals surface area contributed by atoms with E-state index in [2.05, 4.69) is 10.0 Å².